The van der Waals surface area contributed by atoms with Gasteiger partial charge in [-0.15, -0.1) is 0 Å². The van der Waals surface area contributed by atoms with Crippen LogP contribution in [-0.2, 0) is 11.0 Å². The summed E-state index contributed by atoms with van der Waals surface area (Å²) in [4.78, 5) is 17.9. The number of carbonyl (C=O) groups is 1. The van der Waals surface area contributed by atoms with E-state index in [4.69, 9.17) is 34.8 Å². The van der Waals surface area contributed by atoms with Gasteiger partial charge in [0.1, 0.15) is 0 Å². The first kappa shape index (κ1) is 28.4. The van der Waals surface area contributed by atoms with Crippen LogP contribution in [0.2, 0.25) is 15.1 Å². The molecule has 1 amide bonds. The minimum Gasteiger partial charge on any atom is -0.385 e. The second-order valence-electron chi connectivity index (χ2n) is 11.0. The summed E-state index contributed by atoms with van der Waals surface area (Å²) in [6.45, 7) is 3.94. The summed E-state index contributed by atoms with van der Waals surface area (Å²) in [6, 6.07) is 23.3. The fourth-order valence-corrected chi connectivity index (χ4v) is 7.12. The Balaban J connectivity index is 1.31. The molecule has 4 nitrogen and oxygen atoms in total. The molecule has 0 saturated carbocycles. The number of likely N-dealkylation sites (tertiary alicyclic amines) is 2. The quantitative estimate of drug-likeness (QED) is 0.291. The lowest BCUT2D eigenvalue weighted by Gasteiger charge is -2.45. The highest BCUT2D eigenvalue weighted by atomic mass is 35.5. The molecule has 3 aromatic rings. The number of piperidine rings is 2. The van der Waals surface area contributed by atoms with Crippen LogP contribution in [0.1, 0.15) is 60.0 Å². The van der Waals surface area contributed by atoms with Crippen molar-refractivity contribution >= 4 is 40.7 Å². The van der Waals surface area contributed by atoms with Gasteiger partial charge in [0.2, 0.25) is 0 Å². The van der Waals surface area contributed by atoms with Crippen molar-refractivity contribution in [2.45, 2.75) is 49.5 Å². The molecule has 7 heteroatoms. The van der Waals surface area contributed by atoms with Gasteiger partial charge in [-0.2, -0.15) is 0 Å². The largest absolute Gasteiger partial charge is 0.385 e. The van der Waals surface area contributed by atoms with E-state index in [1.54, 1.807) is 0 Å². The number of carbonyl (C=O) groups excluding carboxylic acids is 1. The van der Waals surface area contributed by atoms with Gasteiger partial charge in [-0.1, -0.05) is 89.4 Å². The Morgan fingerprint density at radius 2 is 1.49 bits per heavy atom. The van der Waals surface area contributed by atoms with Crippen LogP contribution in [0.4, 0.5) is 0 Å². The highest BCUT2D eigenvalue weighted by Gasteiger charge is 2.41. The average molecular weight is 586 g/mol. The van der Waals surface area contributed by atoms with Crippen molar-refractivity contribution in [2.24, 2.45) is 0 Å². The van der Waals surface area contributed by atoms with Crippen molar-refractivity contribution in [1.82, 2.24) is 9.80 Å². The number of hydrogen-bond acceptors (Lipinski definition) is 3. The first-order valence-corrected chi connectivity index (χ1v) is 14.9. The fraction of sp³-hybridized carbons (Fsp3) is 0.406. The predicted molar refractivity (Wildman–Crippen MR) is 160 cm³/mol. The maximum absolute atomic E-state index is 13.4. The van der Waals surface area contributed by atoms with Gasteiger partial charge in [-0.25, -0.2) is 0 Å². The molecule has 1 unspecified atom stereocenters. The first-order chi connectivity index (χ1) is 18.8. The van der Waals surface area contributed by atoms with Crippen molar-refractivity contribution in [1.29, 1.82) is 0 Å². The third kappa shape index (κ3) is 6.16. The van der Waals surface area contributed by atoms with Gasteiger partial charge < -0.3 is 14.9 Å². The summed E-state index contributed by atoms with van der Waals surface area (Å²) in [5.41, 5.74) is 1.61. The van der Waals surface area contributed by atoms with Crippen LogP contribution < -0.4 is 0 Å². The van der Waals surface area contributed by atoms with Crippen LogP contribution in [0.5, 0.6) is 0 Å². The summed E-state index contributed by atoms with van der Waals surface area (Å²) in [6.07, 6.45) is 5.09. The third-order valence-electron chi connectivity index (χ3n) is 8.62. The molecule has 2 heterocycles. The average Bonchev–Trinajstić information content (AvgIpc) is 2.97. The summed E-state index contributed by atoms with van der Waals surface area (Å²) < 4.78 is 0. The SMILES string of the molecule is O=C(c1ccccc1)N1CCCC(CCCN2CCC(O)(c3ccccc3)CC2)(c2ccc(Cl)c(Cl)c2Cl)C1. The Bertz CT molecular complexity index is 1280. The van der Waals surface area contributed by atoms with Gasteiger partial charge in [-0.05, 0) is 74.4 Å². The Labute approximate surface area is 246 Å². The van der Waals surface area contributed by atoms with Crippen molar-refractivity contribution in [2.75, 3.05) is 32.7 Å². The first-order valence-electron chi connectivity index (χ1n) is 13.8. The molecule has 2 aliphatic heterocycles. The van der Waals surface area contributed by atoms with Gasteiger partial charge in [0.05, 0.1) is 20.7 Å². The van der Waals surface area contributed by atoms with E-state index in [1.807, 2.05) is 77.7 Å². The number of aliphatic hydroxyl groups is 1. The Hall–Kier alpha value is -2.08. The maximum Gasteiger partial charge on any atom is 0.253 e. The molecule has 206 valence electrons. The maximum atomic E-state index is 13.4. The Kier molecular flexibility index (Phi) is 8.90. The number of nitrogens with zero attached hydrogens (tertiary/aromatic N) is 2. The second-order valence-corrected chi connectivity index (χ2v) is 12.2. The van der Waals surface area contributed by atoms with Crippen molar-refractivity contribution in [3.63, 3.8) is 0 Å². The molecule has 2 saturated heterocycles. The molecule has 3 aromatic carbocycles. The van der Waals surface area contributed by atoms with Crippen LogP contribution in [0, 0.1) is 0 Å². The molecule has 0 bridgehead atoms. The molecule has 0 spiro atoms. The van der Waals surface area contributed by atoms with Crippen molar-refractivity contribution < 1.29 is 9.90 Å². The fourth-order valence-electron chi connectivity index (χ4n) is 6.39. The van der Waals surface area contributed by atoms with Crippen LogP contribution >= 0.6 is 34.8 Å². The lowest BCUT2D eigenvalue weighted by atomic mass is 9.70. The standard InChI is InChI=1S/C32H35Cl3N2O2/c33-27-14-13-26(28(34)29(27)35)31(16-8-20-37(23-31)30(38)24-9-3-1-4-10-24)15-7-19-36-21-17-32(39,18-22-36)25-11-5-2-6-12-25/h1-6,9-14,39H,7-8,15-23H2. The van der Waals surface area contributed by atoms with E-state index < -0.39 is 5.60 Å². The smallest absolute Gasteiger partial charge is 0.253 e. The highest BCUT2D eigenvalue weighted by molar-refractivity contribution is 6.48. The topological polar surface area (TPSA) is 43.8 Å². The van der Waals surface area contributed by atoms with Gasteiger partial charge in [0.25, 0.3) is 5.91 Å². The van der Waals surface area contributed by atoms with E-state index in [0.717, 1.165) is 75.8 Å². The van der Waals surface area contributed by atoms with Crippen LogP contribution in [0.25, 0.3) is 0 Å². The summed E-state index contributed by atoms with van der Waals surface area (Å²) in [7, 11) is 0. The molecule has 39 heavy (non-hydrogen) atoms. The van der Waals surface area contributed by atoms with Crippen LogP contribution in [0.3, 0.4) is 0 Å². The van der Waals surface area contributed by atoms with E-state index in [-0.39, 0.29) is 11.3 Å². The summed E-state index contributed by atoms with van der Waals surface area (Å²) >= 11 is 19.6. The van der Waals surface area contributed by atoms with E-state index >= 15 is 0 Å². The van der Waals surface area contributed by atoms with Gasteiger partial charge >= 0.3 is 0 Å². The summed E-state index contributed by atoms with van der Waals surface area (Å²) in [5.74, 6) is 0.0482. The van der Waals surface area contributed by atoms with Gasteiger partial charge in [0.15, 0.2) is 0 Å². The zero-order chi connectivity index (χ0) is 27.5. The molecule has 0 aromatic heterocycles. The second kappa shape index (κ2) is 12.2. The number of halogens is 3. The van der Waals surface area contributed by atoms with E-state index in [0.29, 0.717) is 27.2 Å². The Morgan fingerprint density at radius 3 is 2.18 bits per heavy atom. The van der Waals surface area contributed by atoms with E-state index in [9.17, 15) is 9.90 Å². The Morgan fingerprint density at radius 1 is 0.821 bits per heavy atom. The minimum absolute atomic E-state index is 0.0482. The highest BCUT2D eigenvalue weighted by Crippen LogP contribution is 2.45. The van der Waals surface area contributed by atoms with Crippen molar-refractivity contribution in [3.8, 4) is 0 Å². The number of hydrogen-bond donors (Lipinski definition) is 1. The minimum atomic E-state index is -0.756. The van der Waals surface area contributed by atoms with Crippen LogP contribution in [-0.4, -0.2) is 53.5 Å². The zero-order valence-electron chi connectivity index (χ0n) is 22.1. The molecule has 0 aliphatic carbocycles. The third-order valence-corrected chi connectivity index (χ3v) is 9.91. The van der Waals surface area contributed by atoms with E-state index in [1.165, 1.54) is 0 Å². The lowest BCUT2D eigenvalue weighted by molar-refractivity contribution is -0.0265. The molecule has 2 aliphatic rings. The molecule has 0 radical (unpaired) electrons. The number of benzene rings is 3. The molecular formula is C32H35Cl3N2O2. The molecule has 1 N–H and O–H groups in total. The number of amides is 1. The van der Waals surface area contributed by atoms with Crippen LogP contribution in [0.15, 0.2) is 72.8 Å². The van der Waals surface area contributed by atoms with Gasteiger partial charge in [-0.3, -0.25) is 4.79 Å². The molecule has 2 fully saturated rings. The number of rotatable bonds is 7. The van der Waals surface area contributed by atoms with E-state index in [2.05, 4.69) is 4.90 Å². The van der Waals surface area contributed by atoms with Crippen molar-refractivity contribution in [3.05, 3.63) is 105 Å². The predicted octanol–water partition coefficient (Wildman–Crippen LogP) is 7.58. The zero-order valence-corrected chi connectivity index (χ0v) is 24.4. The normalized spacial score (nSPS) is 21.6. The molecule has 5 rings (SSSR count). The molecular weight excluding hydrogens is 551 g/mol. The monoisotopic (exact) mass is 584 g/mol. The van der Waals surface area contributed by atoms with Gasteiger partial charge in [0, 0.05) is 37.2 Å². The lowest BCUT2D eigenvalue weighted by Crippen LogP contribution is -2.49. The summed E-state index contributed by atoms with van der Waals surface area (Å²) in [5, 5.41) is 12.5. The molecule has 1 atom stereocenters.